The van der Waals surface area contributed by atoms with Gasteiger partial charge in [0.25, 0.3) is 11.8 Å². The molecule has 11 heteroatoms. The highest BCUT2D eigenvalue weighted by Gasteiger charge is 2.36. The average Bonchev–Trinajstić information content (AvgIpc) is 1.64. The highest BCUT2D eigenvalue weighted by atomic mass is 16.5. The normalized spacial score (nSPS) is 11.3. The van der Waals surface area contributed by atoms with Crippen molar-refractivity contribution in [1.29, 1.82) is 0 Å². The van der Waals surface area contributed by atoms with Crippen molar-refractivity contribution in [3.8, 4) is 0 Å². The number of nitrogens with zero attached hydrogens (tertiary/aromatic N) is 1. The number of alkyl carbamates (subject to hydrolysis) is 1. The smallest absolute Gasteiger partial charge is 0.407 e. The number of Topliss-reactive ketones (excluding diaryl/α,β-unsaturated/α-hetero) is 1. The molecule has 3 amide bonds. The SMILES string of the molecule is C=C(CCc1ccccc1)CCc1ccccc1.C[C@@H](CCNC(=O)OCc1ccccc1)CC(=O)O.NCC(CCc1ccccc1)CCc1ccccc1.O=C(CCc1ccccc1)CCc1ccccc1.O=C1c2ccccc2C(=O)N1CC(CCc1ccccc1)CCc1ccccc1.OCC(CCc1ccccc1)CCc1ccccc1. The molecule has 1 heterocycles. The molecule has 0 fully saturated rings. The standard InChI is InChI=1S/C26H25NO2.C18H23N.C18H22O.C18H20.C17H18O.C14H19NO4/c28-25-23-13-7-8-14-24(23)26(29)27(25)19-22(17-15-20-9-3-1-4-10-20)18-16-21-11-5-2-6-12-21;2*19-15-18(13-11-16-7-3-1-4-8-16)14-12-17-9-5-2-6-10-17;1-16(12-14-17-8-4-2-5-9-17)13-15-18-10-6-3-7-11-18;18-17(13-11-15-7-3-1-4-8-15)14-12-16-9-5-2-6-10-16;1-11(9-13(16)17)7-8-15-14(18)19-10-12-5-3-2-4-6-12/h1-14,22H,15-19H2;1-10,18H,11-15,19H2;1-10,18-19H,11-15H2;2-11H,1,12-15H2;1-10H,11-14H2;2-6,11H,7-10H2,1H3,(H,15,18)(H,16,17)/t;;;;;11-/m.....0/s1. The van der Waals surface area contributed by atoms with Gasteiger partial charge in [0, 0.05) is 39.0 Å². The zero-order chi connectivity index (χ0) is 86.1. The highest BCUT2D eigenvalue weighted by molar-refractivity contribution is 6.21. The number of hydrogen-bond donors (Lipinski definition) is 4. The zero-order valence-electron chi connectivity index (χ0n) is 71.5. The number of carboxylic acids is 1. The van der Waals surface area contributed by atoms with Crippen molar-refractivity contribution < 1.29 is 38.9 Å². The Morgan fingerprint density at radius 3 is 0.885 bits per heavy atom. The molecule has 0 radical (unpaired) electrons. The Morgan fingerprint density at radius 2 is 0.607 bits per heavy atom. The first-order chi connectivity index (χ1) is 59.7. The van der Waals surface area contributed by atoms with Crippen molar-refractivity contribution in [2.45, 2.75) is 155 Å². The highest BCUT2D eigenvalue weighted by Crippen LogP contribution is 2.28. The molecule has 0 saturated heterocycles. The molecule has 12 aromatic rings. The Kier molecular flexibility index (Phi) is 45.3. The van der Waals surface area contributed by atoms with Crippen LogP contribution in [0.4, 0.5) is 4.79 Å². The van der Waals surface area contributed by atoms with Gasteiger partial charge in [0.05, 0.1) is 11.1 Å². The summed E-state index contributed by atoms with van der Waals surface area (Å²) < 4.78 is 5.02. The van der Waals surface area contributed by atoms with Crippen LogP contribution in [0.3, 0.4) is 0 Å². The number of imide groups is 1. The topological polar surface area (TPSA) is 176 Å². The molecule has 0 spiro atoms. The van der Waals surface area contributed by atoms with E-state index in [0.29, 0.717) is 67.7 Å². The van der Waals surface area contributed by atoms with Gasteiger partial charge in [-0.25, -0.2) is 4.79 Å². The fraction of sp³-hybridized carbons (Fsp3) is 0.288. The van der Waals surface area contributed by atoms with Crippen LogP contribution >= 0.6 is 0 Å². The number of nitrogens with two attached hydrogens (primary N) is 1. The number of carboxylic acid groups (broad SMARTS) is 1. The lowest BCUT2D eigenvalue weighted by atomic mass is 9.92. The van der Waals surface area contributed by atoms with Crippen molar-refractivity contribution in [1.82, 2.24) is 10.2 Å². The lowest BCUT2D eigenvalue weighted by Gasteiger charge is -2.23. The van der Waals surface area contributed by atoms with Gasteiger partial charge in [-0.2, -0.15) is 0 Å². The zero-order valence-corrected chi connectivity index (χ0v) is 71.5. The van der Waals surface area contributed by atoms with Crippen molar-refractivity contribution in [3.05, 3.63) is 442 Å². The summed E-state index contributed by atoms with van der Waals surface area (Å²) in [6.07, 6.45) is 20.3. The number of allylic oxidation sites excluding steroid dienone is 1. The number of carbonyl (C=O) groups excluding carboxylic acids is 4. The first-order valence-electron chi connectivity index (χ1n) is 43.8. The molecule has 122 heavy (non-hydrogen) atoms. The maximum Gasteiger partial charge on any atom is 0.407 e. The Morgan fingerprint density at radius 1 is 0.352 bits per heavy atom. The van der Waals surface area contributed by atoms with Crippen molar-refractivity contribution in [3.63, 3.8) is 0 Å². The van der Waals surface area contributed by atoms with Crippen LogP contribution in [0.1, 0.15) is 166 Å². The minimum atomic E-state index is -0.820. The molecular weight excluding hydrogens is 1500 g/mol. The summed E-state index contributed by atoms with van der Waals surface area (Å²) in [4.78, 5) is 60.7. The van der Waals surface area contributed by atoms with E-state index < -0.39 is 12.1 Å². The third kappa shape index (κ3) is 39.8. The van der Waals surface area contributed by atoms with Crippen LogP contribution < -0.4 is 11.1 Å². The van der Waals surface area contributed by atoms with Gasteiger partial charge in [0.1, 0.15) is 12.4 Å². The quantitative estimate of drug-likeness (QED) is 0.0215. The predicted molar refractivity (Wildman–Crippen MR) is 501 cm³/mol. The minimum absolute atomic E-state index is 0.0342. The van der Waals surface area contributed by atoms with E-state index in [9.17, 15) is 29.1 Å². The number of aryl methyl sites for hydroxylation is 10. The third-order valence-electron chi connectivity index (χ3n) is 21.9. The van der Waals surface area contributed by atoms with Gasteiger partial charge >= 0.3 is 12.1 Å². The largest absolute Gasteiger partial charge is 0.481 e. The molecule has 1 aliphatic rings. The van der Waals surface area contributed by atoms with Crippen LogP contribution in [0, 0.1) is 23.7 Å². The second kappa shape index (κ2) is 57.9. The van der Waals surface area contributed by atoms with Gasteiger partial charge in [-0.15, -0.1) is 0 Å². The van der Waals surface area contributed by atoms with Gasteiger partial charge in [-0.1, -0.05) is 365 Å². The van der Waals surface area contributed by atoms with Crippen molar-refractivity contribution >= 4 is 29.7 Å². The maximum atomic E-state index is 12.8. The molecule has 11 nitrogen and oxygen atoms in total. The van der Waals surface area contributed by atoms with E-state index >= 15 is 0 Å². The average molecular weight is 1630 g/mol. The lowest BCUT2D eigenvalue weighted by molar-refractivity contribution is -0.138. The molecule has 12 aromatic carbocycles. The Hall–Kier alpha value is -12.2. The molecular formula is C111H127N3O8. The van der Waals surface area contributed by atoms with Crippen LogP contribution in [0.2, 0.25) is 0 Å². The summed E-state index contributed by atoms with van der Waals surface area (Å²) >= 11 is 0. The summed E-state index contributed by atoms with van der Waals surface area (Å²) in [5, 5.41) is 20.7. The van der Waals surface area contributed by atoms with E-state index in [2.05, 4.69) is 255 Å². The number of fused-ring (bicyclic) bond motifs is 1. The molecule has 0 aliphatic carbocycles. The summed E-state index contributed by atoms with van der Waals surface area (Å²) in [5.74, 6) is 0.539. The number of carbonyl (C=O) groups is 5. The van der Waals surface area contributed by atoms with E-state index in [0.717, 1.165) is 115 Å². The van der Waals surface area contributed by atoms with Crippen LogP contribution in [0.5, 0.6) is 0 Å². The molecule has 0 bridgehead atoms. The number of aliphatic hydroxyl groups is 1. The van der Waals surface area contributed by atoms with E-state index in [-0.39, 0.29) is 36.7 Å². The first-order valence-corrected chi connectivity index (χ1v) is 43.8. The van der Waals surface area contributed by atoms with Crippen molar-refractivity contribution in [2.75, 3.05) is 26.2 Å². The third-order valence-corrected chi connectivity index (χ3v) is 21.9. The van der Waals surface area contributed by atoms with Crippen LogP contribution in [0.15, 0.2) is 370 Å². The molecule has 5 N–H and O–H groups in total. The lowest BCUT2D eigenvalue weighted by Crippen LogP contribution is -2.35. The van der Waals surface area contributed by atoms with E-state index in [1.165, 1.54) is 78.9 Å². The number of nitrogens with one attached hydrogen (secondary N) is 1. The second-order valence-electron chi connectivity index (χ2n) is 31.6. The number of ketones is 1. The second-order valence-corrected chi connectivity index (χ2v) is 31.6. The number of aliphatic hydroxyl groups excluding tert-OH is 1. The van der Waals surface area contributed by atoms with E-state index in [4.69, 9.17) is 15.6 Å². The molecule has 0 aromatic heterocycles. The first kappa shape index (κ1) is 95.3. The fourth-order valence-corrected chi connectivity index (χ4v) is 14.4. The summed E-state index contributed by atoms with van der Waals surface area (Å²) in [5.41, 5.74) is 22.7. The summed E-state index contributed by atoms with van der Waals surface area (Å²) in [6, 6.07) is 121. The monoisotopic (exact) mass is 1630 g/mol. The molecule has 1 atom stereocenters. The molecule has 1 aliphatic heterocycles. The van der Waals surface area contributed by atoms with Gasteiger partial charge < -0.3 is 26.0 Å². The maximum absolute atomic E-state index is 12.8. The van der Waals surface area contributed by atoms with Crippen molar-refractivity contribution in [2.24, 2.45) is 29.4 Å². The molecule has 13 rings (SSSR count). The number of rotatable bonds is 41. The van der Waals surface area contributed by atoms with E-state index in [1.54, 1.807) is 12.1 Å². The summed E-state index contributed by atoms with van der Waals surface area (Å²) in [7, 11) is 0. The van der Waals surface area contributed by atoms with Crippen LogP contribution in [0.25, 0.3) is 0 Å². The fourth-order valence-electron chi connectivity index (χ4n) is 14.4. The number of amides is 3. The predicted octanol–water partition coefficient (Wildman–Crippen LogP) is 23.9. The van der Waals surface area contributed by atoms with Gasteiger partial charge in [-0.05, 0) is 226 Å². The number of benzene rings is 12. The summed E-state index contributed by atoms with van der Waals surface area (Å²) in [6.45, 7) is 8.24. The van der Waals surface area contributed by atoms with Gasteiger partial charge in [0.2, 0.25) is 0 Å². The van der Waals surface area contributed by atoms with Gasteiger partial charge in [-0.3, -0.25) is 24.1 Å². The molecule has 0 saturated carbocycles. The number of aliphatic carboxylic acids is 1. The number of ether oxygens (including phenoxy) is 1. The van der Waals surface area contributed by atoms with Crippen LogP contribution in [-0.2, 0) is 85.1 Å². The van der Waals surface area contributed by atoms with Gasteiger partial charge in [0.15, 0.2) is 0 Å². The number of hydrogen-bond acceptors (Lipinski definition) is 8. The minimum Gasteiger partial charge on any atom is -0.481 e. The molecule has 634 valence electrons. The Labute approximate surface area is 727 Å². The Bertz CT molecular complexity index is 4360. The molecule has 0 unspecified atom stereocenters. The Balaban J connectivity index is 0.000000184. The van der Waals surface area contributed by atoms with E-state index in [1.807, 2.05) is 110 Å². The van der Waals surface area contributed by atoms with Crippen LogP contribution in [-0.4, -0.2) is 71.0 Å².